The Bertz CT molecular complexity index is 696. The Morgan fingerprint density at radius 3 is 2.52 bits per heavy atom. The standard InChI is InChI=1S/C21H28N2O2/c1-15-5-6-16(2)19(13-15)14-22-21(24)23-17(3)7-8-18-9-11-20(25-4)12-10-18/h5-6,9-13,17H,7-8,14H2,1-4H3,(H2,22,23,24). The van der Waals surface area contributed by atoms with E-state index in [4.69, 9.17) is 4.74 Å². The van der Waals surface area contributed by atoms with Gasteiger partial charge in [0, 0.05) is 12.6 Å². The number of benzene rings is 2. The quantitative estimate of drug-likeness (QED) is 0.796. The molecule has 1 unspecified atom stereocenters. The lowest BCUT2D eigenvalue weighted by atomic mass is 10.1. The largest absolute Gasteiger partial charge is 0.497 e. The van der Waals surface area contributed by atoms with Crippen LogP contribution in [0.4, 0.5) is 4.79 Å². The minimum Gasteiger partial charge on any atom is -0.497 e. The summed E-state index contributed by atoms with van der Waals surface area (Å²) >= 11 is 0. The van der Waals surface area contributed by atoms with Crippen molar-refractivity contribution in [3.63, 3.8) is 0 Å². The zero-order valence-electron chi connectivity index (χ0n) is 15.6. The Morgan fingerprint density at radius 1 is 1.12 bits per heavy atom. The van der Waals surface area contributed by atoms with Gasteiger partial charge in [-0.15, -0.1) is 0 Å². The average molecular weight is 340 g/mol. The van der Waals surface area contributed by atoms with Crippen molar-refractivity contribution in [2.24, 2.45) is 0 Å². The van der Waals surface area contributed by atoms with Crippen molar-refractivity contribution in [3.8, 4) is 5.75 Å². The van der Waals surface area contributed by atoms with Crippen molar-refractivity contribution in [1.29, 1.82) is 0 Å². The molecule has 0 saturated heterocycles. The summed E-state index contributed by atoms with van der Waals surface area (Å²) in [6.07, 6.45) is 1.81. The normalized spacial score (nSPS) is 11.7. The summed E-state index contributed by atoms with van der Waals surface area (Å²) in [6, 6.07) is 14.3. The zero-order chi connectivity index (χ0) is 18.2. The van der Waals surface area contributed by atoms with E-state index in [1.165, 1.54) is 16.7 Å². The van der Waals surface area contributed by atoms with E-state index in [1.807, 2.05) is 19.1 Å². The van der Waals surface area contributed by atoms with E-state index in [-0.39, 0.29) is 12.1 Å². The third-order valence-corrected chi connectivity index (χ3v) is 4.35. The number of ether oxygens (including phenoxy) is 1. The highest BCUT2D eigenvalue weighted by Crippen LogP contribution is 2.13. The number of hydrogen-bond acceptors (Lipinski definition) is 2. The van der Waals surface area contributed by atoms with Gasteiger partial charge in [-0.05, 0) is 62.4 Å². The molecule has 2 amide bonds. The molecule has 2 aromatic carbocycles. The molecule has 0 fully saturated rings. The minimum atomic E-state index is -0.122. The van der Waals surface area contributed by atoms with Crippen LogP contribution < -0.4 is 15.4 Å². The second-order valence-electron chi connectivity index (χ2n) is 6.54. The van der Waals surface area contributed by atoms with Crippen molar-refractivity contribution >= 4 is 6.03 Å². The zero-order valence-corrected chi connectivity index (χ0v) is 15.6. The third-order valence-electron chi connectivity index (χ3n) is 4.35. The van der Waals surface area contributed by atoms with Gasteiger partial charge < -0.3 is 15.4 Å². The fourth-order valence-corrected chi connectivity index (χ4v) is 2.69. The SMILES string of the molecule is COc1ccc(CCC(C)NC(=O)NCc2cc(C)ccc2C)cc1. The highest BCUT2D eigenvalue weighted by molar-refractivity contribution is 5.74. The lowest BCUT2D eigenvalue weighted by Gasteiger charge is -2.15. The highest BCUT2D eigenvalue weighted by Gasteiger charge is 2.08. The molecule has 0 saturated carbocycles. The molecule has 0 radical (unpaired) electrons. The molecule has 0 aliphatic rings. The maximum absolute atomic E-state index is 12.1. The Balaban J connectivity index is 1.74. The predicted octanol–water partition coefficient (Wildman–Crippen LogP) is 4.13. The van der Waals surface area contributed by atoms with Crippen molar-refractivity contribution in [1.82, 2.24) is 10.6 Å². The van der Waals surface area contributed by atoms with Gasteiger partial charge in [-0.25, -0.2) is 4.79 Å². The van der Waals surface area contributed by atoms with E-state index in [9.17, 15) is 4.79 Å². The Kier molecular flexibility index (Phi) is 6.87. The number of hydrogen-bond donors (Lipinski definition) is 2. The van der Waals surface area contributed by atoms with Crippen molar-refractivity contribution < 1.29 is 9.53 Å². The number of rotatable bonds is 7. The number of amides is 2. The number of carbonyl (C=O) groups excluding carboxylic acids is 1. The molecule has 4 heteroatoms. The van der Waals surface area contributed by atoms with Crippen LogP contribution in [-0.4, -0.2) is 19.2 Å². The number of nitrogens with one attached hydrogen (secondary N) is 2. The Labute approximate surface area is 150 Å². The molecule has 0 bridgehead atoms. The second kappa shape index (κ2) is 9.11. The predicted molar refractivity (Wildman–Crippen MR) is 102 cm³/mol. The average Bonchev–Trinajstić information content (AvgIpc) is 2.61. The Hall–Kier alpha value is -2.49. The molecular formula is C21H28N2O2. The molecule has 2 rings (SSSR count). The molecule has 134 valence electrons. The van der Waals surface area contributed by atoms with Gasteiger partial charge in [0.1, 0.15) is 5.75 Å². The van der Waals surface area contributed by atoms with Gasteiger partial charge in [0.25, 0.3) is 0 Å². The van der Waals surface area contributed by atoms with Crippen molar-refractivity contribution in [2.75, 3.05) is 7.11 Å². The van der Waals surface area contributed by atoms with E-state index in [0.717, 1.165) is 24.2 Å². The first-order chi connectivity index (χ1) is 12.0. The van der Waals surface area contributed by atoms with Gasteiger partial charge in [0.05, 0.1) is 7.11 Å². The molecule has 2 aromatic rings. The Morgan fingerprint density at radius 2 is 1.84 bits per heavy atom. The van der Waals surface area contributed by atoms with Gasteiger partial charge in [0.15, 0.2) is 0 Å². The number of methoxy groups -OCH3 is 1. The summed E-state index contributed by atoms with van der Waals surface area (Å²) in [7, 11) is 1.66. The van der Waals surface area contributed by atoms with Gasteiger partial charge >= 0.3 is 6.03 Å². The van der Waals surface area contributed by atoms with Crippen molar-refractivity contribution in [2.45, 2.75) is 46.2 Å². The first kappa shape index (κ1) is 18.8. The number of carbonyl (C=O) groups is 1. The molecule has 0 spiro atoms. The van der Waals surface area contributed by atoms with Gasteiger partial charge in [-0.1, -0.05) is 35.9 Å². The van der Waals surface area contributed by atoms with Crippen LogP contribution in [0, 0.1) is 13.8 Å². The maximum atomic E-state index is 12.1. The first-order valence-corrected chi connectivity index (χ1v) is 8.71. The maximum Gasteiger partial charge on any atom is 0.315 e. The molecular weight excluding hydrogens is 312 g/mol. The summed E-state index contributed by atoms with van der Waals surface area (Å²) in [5, 5.41) is 5.95. The molecule has 0 aliphatic carbocycles. The van der Waals surface area contributed by atoms with E-state index < -0.39 is 0 Å². The summed E-state index contributed by atoms with van der Waals surface area (Å²) in [5.41, 5.74) is 4.79. The molecule has 25 heavy (non-hydrogen) atoms. The first-order valence-electron chi connectivity index (χ1n) is 8.71. The summed E-state index contributed by atoms with van der Waals surface area (Å²) in [5.74, 6) is 0.862. The molecule has 2 N–H and O–H groups in total. The number of urea groups is 1. The molecule has 0 aromatic heterocycles. The summed E-state index contributed by atoms with van der Waals surface area (Å²) in [4.78, 5) is 12.1. The molecule has 0 aliphatic heterocycles. The van der Waals surface area contributed by atoms with Gasteiger partial charge in [-0.3, -0.25) is 0 Å². The second-order valence-corrected chi connectivity index (χ2v) is 6.54. The van der Waals surface area contributed by atoms with E-state index >= 15 is 0 Å². The topological polar surface area (TPSA) is 50.4 Å². The number of aryl methyl sites for hydroxylation is 3. The van der Waals surface area contributed by atoms with E-state index in [2.05, 4.69) is 54.8 Å². The third kappa shape index (κ3) is 6.14. The van der Waals surface area contributed by atoms with E-state index in [1.54, 1.807) is 7.11 Å². The molecule has 4 nitrogen and oxygen atoms in total. The van der Waals surface area contributed by atoms with Crippen LogP contribution in [0.2, 0.25) is 0 Å². The minimum absolute atomic E-state index is 0.112. The van der Waals surface area contributed by atoms with Crippen LogP contribution in [0.15, 0.2) is 42.5 Å². The fraction of sp³-hybridized carbons (Fsp3) is 0.381. The lowest BCUT2D eigenvalue weighted by Crippen LogP contribution is -2.40. The molecule has 1 atom stereocenters. The summed E-state index contributed by atoms with van der Waals surface area (Å²) in [6.45, 7) is 6.70. The van der Waals surface area contributed by atoms with Crippen molar-refractivity contribution in [3.05, 3.63) is 64.7 Å². The fourth-order valence-electron chi connectivity index (χ4n) is 2.69. The highest BCUT2D eigenvalue weighted by atomic mass is 16.5. The van der Waals surface area contributed by atoms with Crippen LogP contribution >= 0.6 is 0 Å². The lowest BCUT2D eigenvalue weighted by molar-refractivity contribution is 0.237. The van der Waals surface area contributed by atoms with Crippen LogP contribution in [-0.2, 0) is 13.0 Å². The van der Waals surface area contributed by atoms with Crippen LogP contribution in [0.5, 0.6) is 5.75 Å². The van der Waals surface area contributed by atoms with Crippen LogP contribution in [0.25, 0.3) is 0 Å². The monoisotopic (exact) mass is 340 g/mol. The smallest absolute Gasteiger partial charge is 0.315 e. The van der Waals surface area contributed by atoms with Crippen LogP contribution in [0.3, 0.4) is 0 Å². The molecule has 0 heterocycles. The van der Waals surface area contributed by atoms with E-state index in [0.29, 0.717) is 6.54 Å². The van der Waals surface area contributed by atoms with Crippen LogP contribution in [0.1, 0.15) is 35.6 Å². The van der Waals surface area contributed by atoms with Gasteiger partial charge in [0.2, 0.25) is 0 Å². The summed E-state index contributed by atoms with van der Waals surface area (Å²) < 4.78 is 5.16. The van der Waals surface area contributed by atoms with Gasteiger partial charge in [-0.2, -0.15) is 0 Å².